The van der Waals surface area contributed by atoms with Crippen molar-refractivity contribution in [1.82, 2.24) is 0 Å². The summed E-state index contributed by atoms with van der Waals surface area (Å²) in [5.41, 5.74) is 1.89. The largest absolute Gasteiger partial charge is 0.492 e. The minimum Gasteiger partial charge on any atom is -0.492 e. The molecule has 1 heterocycles. The summed E-state index contributed by atoms with van der Waals surface area (Å²) in [5, 5.41) is 3.64. The summed E-state index contributed by atoms with van der Waals surface area (Å²) in [6.07, 6.45) is 1.74. The van der Waals surface area contributed by atoms with Crippen LogP contribution in [0.1, 0.15) is 19.4 Å². The predicted octanol–water partition coefficient (Wildman–Crippen LogP) is 3.93. The molecule has 0 aliphatic carbocycles. The zero-order valence-corrected chi connectivity index (χ0v) is 13.5. The van der Waals surface area contributed by atoms with Gasteiger partial charge < -0.3 is 9.57 Å². The third kappa shape index (κ3) is 3.06. The van der Waals surface area contributed by atoms with Gasteiger partial charge >= 0.3 is 5.97 Å². The first-order valence-electron chi connectivity index (χ1n) is 5.62. The van der Waals surface area contributed by atoms with Crippen LogP contribution >= 0.6 is 31.9 Å². The molecule has 0 atom stereocenters. The molecule has 19 heavy (non-hydrogen) atoms. The lowest BCUT2D eigenvalue weighted by atomic mass is 10.1. The van der Waals surface area contributed by atoms with Crippen molar-refractivity contribution < 1.29 is 14.4 Å². The minimum atomic E-state index is -0.432. The fourth-order valence-corrected chi connectivity index (χ4v) is 3.08. The van der Waals surface area contributed by atoms with Gasteiger partial charge in [0.1, 0.15) is 5.75 Å². The van der Waals surface area contributed by atoms with Crippen LogP contribution in [0.15, 0.2) is 31.8 Å². The van der Waals surface area contributed by atoms with Gasteiger partial charge in [-0.3, -0.25) is 0 Å². The topological polar surface area (TPSA) is 47.9 Å². The average Bonchev–Trinajstić information content (AvgIpc) is 2.66. The smallest absolute Gasteiger partial charge is 0.367 e. The second kappa shape index (κ2) is 5.88. The van der Waals surface area contributed by atoms with Crippen molar-refractivity contribution in [2.75, 3.05) is 6.61 Å². The maximum absolute atomic E-state index is 11.5. The summed E-state index contributed by atoms with van der Waals surface area (Å²) >= 11 is 6.90. The molecule has 1 aromatic carbocycles. The lowest BCUT2D eigenvalue weighted by Crippen LogP contribution is -2.02. The Labute approximate surface area is 127 Å². The number of carbonyl (C=O) groups excluding carboxylic acids is 1. The summed E-state index contributed by atoms with van der Waals surface area (Å²) in [6, 6.07) is 3.75. The molecular formula is C13H11Br2NO3. The molecule has 1 aromatic rings. The molecule has 0 aromatic heterocycles. The molecule has 2 rings (SSSR count). The van der Waals surface area contributed by atoms with Crippen molar-refractivity contribution in [1.29, 1.82) is 0 Å². The molecule has 0 spiro atoms. The second-order valence-electron chi connectivity index (χ2n) is 3.86. The molecule has 0 radical (unpaired) electrons. The molecule has 4 nitrogen and oxygen atoms in total. The highest BCUT2D eigenvalue weighted by Gasteiger charge is 2.22. The van der Waals surface area contributed by atoms with Gasteiger partial charge in [-0.1, -0.05) is 5.16 Å². The highest BCUT2D eigenvalue weighted by Crippen LogP contribution is 2.35. The standard InChI is InChI=1S/C13H11Br2NO3/c1-3-18-12-10(14)5-8(6-11(12)15)4-9-7(2)16-19-13(9)17/h4-6H,3H2,1-2H3/b9-4-. The Bertz CT molecular complexity index is 571. The molecule has 0 fully saturated rings. The van der Waals surface area contributed by atoms with Crippen LogP contribution in [0, 0.1) is 0 Å². The number of nitrogens with zero attached hydrogens (tertiary/aromatic N) is 1. The Kier molecular flexibility index (Phi) is 4.42. The first kappa shape index (κ1) is 14.3. The number of ether oxygens (including phenoxy) is 1. The first-order chi connectivity index (χ1) is 9.02. The highest BCUT2D eigenvalue weighted by atomic mass is 79.9. The summed E-state index contributed by atoms with van der Waals surface area (Å²) in [7, 11) is 0. The number of oxime groups is 1. The van der Waals surface area contributed by atoms with Crippen molar-refractivity contribution in [3.63, 3.8) is 0 Å². The molecule has 0 saturated heterocycles. The average molecular weight is 389 g/mol. The molecule has 0 saturated carbocycles. The number of carbonyl (C=O) groups is 1. The first-order valence-corrected chi connectivity index (χ1v) is 7.21. The van der Waals surface area contributed by atoms with E-state index in [9.17, 15) is 4.79 Å². The lowest BCUT2D eigenvalue weighted by molar-refractivity contribution is -0.136. The molecule has 1 aliphatic heterocycles. The van der Waals surface area contributed by atoms with Crippen LogP contribution < -0.4 is 4.74 Å². The van der Waals surface area contributed by atoms with Gasteiger partial charge in [0.15, 0.2) is 0 Å². The molecule has 0 amide bonds. The van der Waals surface area contributed by atoms with Crippen molar-refractivity contribution in [3.8, 4) is 5.75 Å². The lowest BCUT2D eigenvalue weighted by Gasteiger charge is -2.09. The molecule has 0 N–H and O–H groups in total. The van der Waals surface area contributed by atoms with Gasteiger partial charge in [0.05, 0.1) is 26.8 Å². The zero-order chi connectivity index (χ0) is 14.0. The third-order valence-electron chi connectivity index (χ3n) is 2.50. The molecule has 0 bridgehead atoms. The maximum atomic E-state index is 11.5. The Morgan fingerprint density at radius 1 is 1.37 bits per heavy atom. The Morgan fingerprint density at radius 3 is 2.47 bits per heavy atom. The molecule has 1 aliphatic rings. The van der Waals surface area contributed by atoms with E-state index < -0.39 is 5.97 Å². The number of rotatable bonds is 3. The predicted molar refractivity (Wildman–Crippen MR) is 80.2 cm³/mol. The summed E-state index contributed by atoms with van der Waals surface area (Å²) in [5.74, 6) is 0.308. The van der Waals surface area contributed by atoms with Gasteiger partial charge in [-0.15, -0.1) is 0 Å². The van der Waals surface area contributed by atoms with E-state index in [-0.39, 0.29) is 0 Å². The Balaban J connectivity index is 2.40. The zero-order valence-electron chi connectivity index (χ0n) is 10.4. The van der Waals surface area contributed by atoms with E-state index in [2.05, 4.69) is 41.9 Å². The second-order valence-corrected chi connectivity index (χ2v) is 5.57. The van der Waals surface area contributed by atoms with E-state index >= 15 is 0 Å². The van der Waals surface area contributed by atoms with E-state index in [4.69, 9.17) is 4.74 Å². The van der Waals surface area contributed by atoms with Gasteiger partial charge in [-0.25, -0.2) is 4.79 Å². The van der Waals surface area contributed by atoms with Gasteiger partial charge in [-0.05, 0) is 69.5 Å². The van der Waals surface area contributed by atoms with Gasteiger partial charge in [0.25, 0.3) is 0 Å². The van der Waals surface area contributed by atoms with Crippen LogP contribution in [-0.2, 0) is 9.63 Å². The summed E-state index contributed by atoms with van der Waals surface area (Å²) in [4.78, 5) is 16.1. The molecule has 100 valence electrons. The van der Waals surface area contributed by atoms with Gasteiger partial charge in [-0.2, -0.15) is 0 Å². The van der Waals surface area contributed by atoms with E-state index in [1.807, 2.05) is 19.1 Å². The van der Waals surface area contributed by atoms with Gasteiger partial charge in [0.2, 0.25) is 0 Å². The molecule has 6 heteroatoms. The van der Waals surface area contributed by atoms with E-state index in [0.717, 1.165) is 20.3 Å². The van der Waals surface area contributed by atoms with E-state index in [1.165, 1.54) is 0 Å². The Morgan fingerprint density at radius 2 is 2.00 bits per heavy atom. The van der Waals surface area contributed by atoms with Crippen LogP contribution in [0.5, 0.6) is 5.75 Å². The van der Waals surface area contributed by atoms with Crippen LogP contribution in [0.4, 0.5) is 0 Å². The highest BCUT2D eigenvalue weighted by molar-refractivity contribution is 9.11. The fourth-order valence-electron chi connectivity index (χ4n) is 1.63. The van der Waals surface area contributed by atoms with Crippen LogP contribution in [0.3, 0.4) is 0 Å². The van der Waals surface area contributed by atoms with Crippen molar-refractivity contribution >= 4 is 49.6 Å². The van der Waals surface area contributed by atoms with Crippen molar-refractivity contribution in [2.24, 2.45) is 5.16 Å². The number of hydrogen-bond donors (Lipinski definition) is 0. The van der Waals surface area contributed by atoms with Crippen LogP contribution in [0.2, 0.25) is 0 Å². The normalized spacial score (nSPS) is 16.5. The van der Waals surface area contributed by atoms with Crippen molar-refractivity contribution in [3.05, 3.63) is 32.2 Å². The van der Waals surface area contributed by atoms with Crippen molar-refractivity contribution in [2.45, 2.75) is 13.8 Å². The molecule has 0 unspecified atom stereocenters. The number of halogens is 2. The fraction of sp³-hybridized carbons (Fsp3) is 0.231. The quantitative estimate of drug-likeness (QED) is 0.582. The minimum absolute atomic E-state index is 0.432. The molecular weight excluding hydrogens is 378 g/mol. The Hall–Kier alpha value is -1.14. The summed E-state index contributed by atoms with van der Waals surface area (Å²) in [6.45, 7) is 4.23. The monoisotopic (exact) mass is 387 g/mol. The number of benzene rings is 1. The number of hydrogen-bond acceptors (Lipinski definition) is 4. The van der Waals surface area contributed by atoms with Gasteiger partial charge in [0, 0.05) is 0 Å². The van der Waals surface area contributed by atoms with Crippen LogP contribution in [0.25, 0.3) is 6.08 Å². The van der Waals surface area contributed by atoms with Crippen LogP contribution in [-0.4, -0.2) is 18.3 Å². The third-order valence-corrected chi connectivity index (χ3v) is 3.67. The maximum Gasteiger partial charge on any atom is 0.367 e. The van der Waals surface area contributed by atoms with E-state index in [0.29, 0.717) is 17.9 Å². The summed E-state index contributed by atoms with van der Waals surface area (Å²) < 4.78 is 7.14. The van der Waals surface area contributed by atoms with E-state index in [1.54, 1.807) is 13.0 Å². The SMILES string of the molecule is CCOc1c(Br)cc(/C=C2\C(=O)ON=C2C)cc1Br.